The van der Waals surface area contributed by atoms with Crippen LogP contribution in [0.5, 0.6) is 0 Å². The van der Waals surface area contributed by atoms with E-state index >= 15 is 0 Å². The lowest BCUT2D eigenvalue weighted by Crippen LogP contribution is -2.04. The summed E-state index contributed by atoms with van der Waals surface area (Å²) in [5, 5.41) is 7.61. The normalized spacial score (nSPS) is 13.8. The summed E-state index contributed by atoms with van der Waals surface area (Å²) in [5.74, 6) is 0.709. The van der Waals surface area contributed by atoms with Gasteiger partial charge in [-0.1, -0.05) is 122 Å². The van der Waals surface area contributed by atoms with Gasteiger partial charge in [-0.05, 0) is 115 Å². The zero-order valence-electron chi connectivity index (χ0n) is 26.9. The third-order valence-corrected chi connectivity index (χ3v) is 10.4. The first kappa shape index (κ1) is 28.6. The second-order valence-corrected chi connectivity index (χ2v) is 13.3. The first-order valence-electron chi connectivity index (χ1n) is 17.2. The molecule has 0 aliphatic heterocycles. The molecule has 0 unspecified atom stereocenters. The molecule has 0 bridgehead atoms. The molecule has 48 heavy (non-hydrogen) atoms. The number of aromatic nitrogens is 2. The van der Waals surface area contributed by atoms with Gasteiger partial charge in [0, 0.05) is 29.7 Å². The molecule has 2 heterocycles. The van der Waals surface area contributed by atoms with Gasteiger partial charge in [-0.2, -0.15) is 0 Å². The molecule has 2 heteroatoms. The quantitative estimate of drug-likeness (QED) is 0.180. The minimum atomic E-state index is 0.709. The van der Waals surface area contributed by atoms with Crippen LogP contribution in [0.4, 0.5) is 0 Å². The topological polar surface area (TPSA) is 25.8 Å². The summed E-state index contributed by atoms with van der Waals surface area (Å²) in [4.78, 5) is 9.06. The van der Waals surface area contributed by atoms with Gasteiger partial charge in [0.25, 0.3) is 0 Å². The Bertz CT molecular complexity index is 2360. The highest BCUT2D eigenvalue weighted by atomic mass is 14.7. The van der Waals surface area contributed by atoms with Crippen molar-refractivity contribution in [2.24, 2.45) is 0 Å². The van der Waals surface area contributed by atoms with Gasteiger partial charge in [0.05, 0.1) is 5.69 Å². The smallest absolute Gasteiger partial charge is 0.0717 e. The van der Waals surface area contributed by atoms with E-state index in [-0.39, 0.29) is 0 Å². The molecule has 1 fully saturated rings. The lowest BCUT2D eigenvalue weighted by molar-refractivity contribution is 0.443. The summed E-state index contributed by atoms with van der Waals surface area (Å²) in [7, 11) is 0. The van der Waals surface area contributed by atoms with E-state index in [1.54, 1.807) is 0 Å². The second kappa shape index (κ2) is 12.2. The predicted octanol–water partition coefficient (Wildman–Crippen LogP) is 12.7. The Balaban J connectivity index is 1.14. The van der Waals surface area contributed by atoms with Crippen molar-refractivity contribution in [3.63, 3.8) is 0 Å². The van der Waals surface area contributed by atoms with Crippen molar-refractivity contribution in [3.05, 3.63) is 158 Å². The average Bonchev–Trinajstić information content (AvgIpc) is 3.17. The summed E-state index contributed by atoms with van der Waals surface area (Å²) in [6, 6.07) is 49.2. The molecule has 2 nitrogen and oxygen atoms in total. The van der Waals surface area contributed by atoms with Crippen LogP contribution in [0.2, 0.25) is 0 Å². The fourth-order valence-electron chi connectivity index (χ4n) is 7.96. The van der Waals surface area contributed by atoms with E-state index in [4.69, 9.17) is 0 Å². The molecule has 1 aliphatic rings. The van der Waals surface area contributed by atoms with Gasteiger partial charge in [0.2, 0.25) is 0 Å². The predicted molar refractivity (Wildman–Crippen MR) is 202 cm³/mol. The number of pyridine rings is 2. The molecule has 0 N–H and O–H groups in total. The zero-order valence-corrected chi connectivity index (χ0v) is 26.9. The van der Waals surface area contributed by atoms with Crippen LogP contribution < -0.4 is 0 Å². The molecular weight excluding hydrogens is 581 g/mol. The SMILES string of the molecule is c1ccc(-c2cncc(-c3ccc4cc(-c5c6ccccc6c(-c6ccc(C7CCCCC7)cc6)c6ccccc56)ccc4c3)c2)nc1. The highest BCUT2D eigenvalue weighted by Gasteiger charge is 2.19. The first-order valence-corrected chi connectivity index (χ1v) is 17.2. The van der Waals surface area contributed by atoms with Crippen LogP contribution in [0.1, 0.15) is 43.6 Å². The number of nitrogens with zero attached hydrogens (tertiary/aromatic N) is 2. The maximum atomic E-state index is 4.54. The molecule has 8 aromatic rings. The lowest BCUT2D eigenvalue weighted by Gasteiger charge is -2.22. The largest absolute Gasteiger partial charge is 0.263 e. The summed E-state index contributed by atoms with van der Waals surface area (Å²) < 4.78 is 0. The van der Waals surface area contributed by atoms with Crippen molar-refractivity contribution in [3.8, 4) is 44.6 Å². The Morgan fingerprint density at radius 2 is 1.00 bits per heavy atom. The lowest BCUT2D eigenvalue weighted by atomic mass is 9.82. The molecule has 9 rings (SSSR count). The summed E-state index contributed by atoms with van der Waals surface area (Å²) in [6.45, 7) is 0. The number of hydrogen-bond acceptors (Lipinski definition) is 2. The molecule has 0 radical (unpaired) electrons. The maximum absolute atomic E-state index is 4.54. The van der Waals surface area contributed by atoms with Crippen LogP contribution in [0.15, 0.2) is 152 Å². The molecule has 230 valence electrons. The molecule has 0 atom stereocenters. The zero-order chi connectivity index (χ0) is 31.9. The fraction of sp³-hybridized carbons (Fsp3) is 0.130. The van der Waals surface area contributed by atoms with Gasteiger partial charge < -0.3 is 0 Å². The Kier molecular flexibility index (Phi) is 7.28. The summed E-state index contributed by atoms with van der Waals surface area (Å²) in [5.41, 5.74) is 10.8. The highest BCUT2D eigenvalue weighted by Crippen LogP contribution is 2.44. The van der Waals surface area contributed by atoms with Crippen molar-refractivity contribution < 1.29 is 0 Å². The van der Waals surface area contributed by atoms with Crippen LogP contribution >= 0.6 is 0 Å². The Labute approximate surface area is 281 Å². The second-order valence-electron chi connectivity index (χ2n) is 13.3. The minimum Gasteiger partial charge on any atom is -0.263 e. The minimum absolute atomic E-state index is 0.709. The fourth-order valence-corrected chi connectivity index (χ4v) is 7.96. The standard InChI is InChI=1S/C46H36N2/c1-2-10-31(11-3-1)32-17-19-33(20-18-32)45-40-12-4-6-14-42(40)46(43-15-7-5-13-41(43)45)37-24-23-34-26-36(22-21-35(34)27-37)38-28-39(30-47-29-38)44-16-8-9-25-48-44/h4-9,12-31H,1-3,10-11H2. The Hall–Kier alpha value is -5.60. The van der Waals surface area contributed by atoms with Gasteiger partial charge in [-0.25, -0.2) is 0 Å². The molecule has 0 spiro atoms. The van der Waals surface area contributed by atoms with Crippen LogP contribution in [0, 0.1) is 0 Å². The molecule has 0 amide bonds. The first-order chi connectivity index (χ1) is 23.8. The van der Waals surface area contributed by atoms with Crippen molar-refractivity contribution in [1.82, 2.24) is 9.97 Å². The number of hydrogen-bond donors (Lipinski definition) is 0. The number of rotatable bonds is 5. The van der Waals surface area contributed by atoms with Crippen molar-refractivity contribution in [2.75, 3.05) is 0 Å². The van der Waals surface area contributed by atoms with Crippen LogP contribution in [0.25, 0.3) is 77.0 Å². The highest BCUT2D eigenvalue weighted by molar-refractivity contribution is 6.21. The number of benzene rings is 6. The third kappa shape index (κ3) is 5.15. The van der Waals surface area contributed by atoms with E-state index < -0.39 is 0 Å². The summed E-state index contributed by atoms with van der Waals surface area (Å²) in [6.07, 6.45) is 12.4. The molecular formula is C46H36N2. The van der Waals surface area contributed by atoms with Crippen molar-refractivity contribution in [2.45, 2.75) is 38.0 Å². The molecule has 1 aliphatic carbocycles. The van der Waals surface area contributed by atoms with Gasteiger partial charge in [0.1, 0.15) is 0 Å². The summed E-state index contributed by atoms with van der Waals surface area (Å²) >= 11 is 0. The van der Waals surface area contributed by atoms with Gasteiger partial charge in [-0.15, -0.1) is 0 Å². The maximum Gasteiger partial charge on any atom is 0.0717 e. The number of fused-ring (bicyclic) bond motifs is 3. The molecule has 1 saturated carbocycles. The van der Waals surface area contributed by atoms with E-state index in [0.717, 1.165) is 22.4 Å². The molecule has 6 aromatic carbocycles. The van der Waals surface area contributed by atoms with E-state index in [1.165, 1.54) is 92.2 Å². The van der Waals surface area contributed by atoms with Gasteiger partial charge in [-0.3, -0.25) is 9.97 Å². The van der Waals surface area contributed by atoms with Gasteiger partial charge in [0.15, 0.2) is 0 Å². The van der Waals surface area contributed by atoms with Crippen LogP contribution in [0.3, 0.4) is 0 Å². The van der Waals surface area contributed by atoms with E-state index in [1.807, 2.05) is 36.8 Å². The van der Waals surface area contributed by atoms with Crippen LogP contribution in [-0.4, -0.2) is 9.97 Å². The van der Waals surface area contributed by atoms with Gasteiger partial charge >= 0.3 is 0 Å². The van der Waals surface area contributed by atoms with E-state index in [0.29, 0.717) is 5.92 Å². The van der Waals surface area contributed by atoms with Crippen molar-refractivity contribution in [1.29, 1.82) is 0 Å². The third-order valence-electron chi connectivity index (χ3n) is 10.4. The Morgan fingerprint density at radius 3 is 1.65 bits per heavy atom. The van der Waals surface area contributed by atoms with E-state index in [2.05, 4.69) is 125 Å². The molecule has 2 aromatic heterocycles. The average molecular weight is 617 g/mol. The molecule has 0 saturated heterocycles. The van der Waals surface area contributed by atoms with Crippen molar-refractivity contribution >= 4 is 32.3 Å². The van der Waals surface area contributed by atoms with Crippen LogP contribution in [-0.2, 0) is 0 Å². The Morgan fingerprint density at radius 1 is 0.438 bits per heavy atom. The monoisotopic (exact) mass is 616 g/mol. The van der Waals surface area contributed by atoms with E-state index in [9.17, 15) is 0 Å².